The molecule has 0 fully saturated rings. The first-order valence-corrected chi connectivity index (χ1v) is 9.70. The summed E-state index contributed by atoms with van der Waals surface area (Å²) in [4.78, 5) is 15.1. The van der Waals surface area contributed by atoms with Crippen LogP contribution in [0, 0.1) is 0 Å². The van der Waals surface area contributed by atoms with Crippen LogP contribution in [-0.4, -0.2) is 41.2 Å². The van der Waals surface area contributed by atoms with Crippen LogP contribution in [0.3, 0.4) is 0 Å². The molecule has 7 heteroatoms. The van der Waals surface area contributed by atoms with Crippen molar-refractivity contribution in [3.63, 3.8) is 0 Å². The van der Waals surface area contributed by atoms with Gasteiger partial charge in [-0.2, -0.15) is 5.10 Å². The molecule has 3 aromatic heterocycles. The first-order chi connectivity index (χ1) is 13.8. The summed E-state index contributed by atoms with van der Waals surface area (Å²) in [5, 5.41) is 7.59. The average molecular weight is 373 g/mol. The second-order valence-corrected chi connectivity index (χ2v) is 7.09. The summed E-state index contributed by atoms with van der Waals surface area (Å²) in [6, 6.07) is 10.4. The fraction of sp³-hybridized carbons (Fsp3) is 0.286. The van der Waals surface area contributed by atoms with Crippen LogP contribution in [-0.2, 0) is 19.5 Å². The van der Waals surface area contributed by atoms with Gasteiger partial charge >= 0.3 is 0 Å². The normalized spacial score (nSPS) is 17.0. The lowest BCUT2D eigenvalue weighted by atomic mass is 9.94. The van der Waals surface area contributed by atoms with Crippen LogP contribution in [0.2, 0.25) is 0 Å². The van der Waals surface area contributed by atoms with Gasteiger partial charge in [-0.3, -0.25) is 10.00 Å². The Morgan fingerprint density at radius 3 is 2.93 bits per heavy atom. The second kappa shape index (κ2) is 7.09. The topological polar surface area (TPSA) is 78.4 Å². The van der Waals surface area contributed by atoms with E-state index in [-0.39, 0.29) is 6.04 Å². The second-order valence-electron chi connectivity index (χ2n) is 7.09. The lowest BCUT2D eigenvalue weighted by molar-refractivity contribution is 0.193. The third kappa shape index (κ3) is 2.84. The van der Waals surface area contributed by atoms with Gasteiger partial charge in [-0.05, 0) is 12.5 Å². The van der Waals surface area contributed by atoms with Crippen molar-refractivity contribution in [1.82, 2.24) is 34.6 Å². The van der Waals surface area contributed by atoms with Crippen LogP contribution < -0.4 is 0 Å². The number of imidazole rings is 2. The summed E-state index contributed by atoms with van der Waals surface area (Å²) in [6.07, 6.45) is 8.62. The monoisotopic (exact) mass is 373 g/mol. The van der Waals surface area contributed by atoms with Gasteiger partial charge < -0.3 is 9.55 Å². The molecule has 7 nitrogen and oxygen atoms in total. The zero-order valence-corrected chi connectivity index (χ0v) is 15.8. The van der Waals surface area contributed by atoms with Crippen LogP contribution >= 0.6 is 0 Å². The smallest absolute Gasteiger partial charge is 0.122 e. The molecule has 0 saturated heterocycles. The zero-order valence-electron chi connectivity index (χ0n) is 15.8. The Morgan fingerprint density at radius 2 is 2.07 bits per heavy atom. The van der Waals surface area contributed by atoms with Crippen molar-refractivity contribution in [2.45, 2.75) is 32.5 Å². The fourth-order valence-corrected chi connectivity index (χ4v) is 4.14. The third-order valence-electron chi connectivity index (χ3n) is 5.54. The van der Waals surface area contributed by atoms with Crippen molar-refractivity contribution in [1.29, 1.82) is 0 Å². The van der Waals surface area contributed by atoms with Gasteiger partial charge in [0, 0.05) is 43.2 Å². The number of nitrogens with one attached hydrogen (secondary N) is 2. The van der Waals surface area contributed by atoms with Crippen molar-refractivity contribution >= 4 is 0 Å². The Balaban J connectivity index is 1.58. The number of fused-ring (bicyclic) bond motifs is 1. The molecule has 28 heavy (non-hydrogen) atoms. The average Bonchev–Trinajstić information content (AvgIpc) is 3.49. The Kier molecular flexibility index (Phi) is 4.29. The number of hydrogen-bond donors (Lipinski definition) is 2. The Bertz CT molecular complexity index is 1060. The molecular formula is C21H23N7. The Hall–Kier alpha value is -3.19. The molecule has 0 aliphatic carbocycles. The number of aromatic nitrogens is 6. The van der Waals surface area contributed by atoms with Gasteiger partial charge in [0.05, 0.1) is 36.5 Å². The maximum atomic E-state index is 4.68. The number of rotatable bonds is 5. The molecule has 0 bridgehead atoms. The number of H-pyrrole nitrogens is 2. The van der Waals surface area contributed by atoms with Crippen LogP contribution in [0.1, 0.15) is 35.7 Å². The highest BCUT2D eigenvalue weighted by molar-refractivity contribution is 5.64. The number of nitrogens with zero attached hydrogens (tertiary/aromatic N) is 5. The first kappa shape index (κ1) is 16.9. The number of aromatic amines is 2. The Morgan fingerprint density at radius 1 is 1.18 bits per heavy atom. The molecule has 4 aromatic rings. The van der Waals surface area contributed by atoms with Crippen molar-refractivity contribution in [3.8, 4) is 11.3 Å². The lowest BCUT2D eigenvalue weighted by Gasteiger charge is -2.34. The van der Waals surface area contributed by atoms with E-state index < -0.39 is 0 Å². The molecular weight excluding hydrogens is 350 g/mol. The quantitative estimate of drug-likeness (QED) is 0.563. The lowest BCUT2D eigenvalue weighted by Crippen LogP contribution is -2.36. The van der Waals surface area contributed by atoms with Crippen molar-refractivity contribution in [2.75, 3.05) is 6.54 Å². The van der Waals surface area contributed by atoms with E-state index in [1.807, 2.05) is 24.7 Å². The molecule has 4 heterocycles. The van der Waals surface area contributed by atoms with Crippen LogP contribution in [0.25, 0.3) is 11.3 Å². The fourth-order valence-electron chi connectivity index (χ4n) is 4.14. The number of hydrogen-bond acceptors (Lipinski definition) is 4. The third-order valence-corrected chi connectivity index (χ3v) is 5.54. The molecule has 0 unspecified atom stereocenters. The predicted molar refractivity (Wildman–Crippen MR) is 106 cm³/mol. The van der Waals surface area contributed by atoms with E-state index in [4.69, 9.17) is 0 Å². The zero-order chi connectivity index (χ0) is 18.9. The largest absolute Gasteiger partial charge is 0.348 e. The highest BCUT2D eigenvalue weighted by Gasteiger charge is 2.34. The predicted octanol–water partition coefficient (Wildman–Crippen LogP) is 3.16. The SMILES string of the molecule is CCn1ccnc1CN1CCc2[nH]cnc2[C@@H]1c1cn[nH]c1-c1ccccc1. The maximum absolute atomic E-state index is 4.68. The summed E-state index contributed by atoms with van der Waals surface area (Å²) in [5.74, 6) is 1.08. The molecule has 0 radical (unpaired) electrons. The molecule has 5 rings (SSSR count). The van der Waals surface area contributed by atoms with Crippen molar-refractivity contribution in [3.05, 3.63) is 78.0 Å². The minimum absolute atomic E-state index is 0.0333. The molecule has 0 amide bonds. The van der Waals surface area contributed by atoms with Gasteiger partial charge in [0.25, 0.3) is 0 Å². The van der Waals surface area contributed by atoms with Crippen molar-refractivity contribution in [2.24, 2.45) is 0 Å². The number of aryl methyl sites for hydroxylation is 1. The van der Waals surface area contributed by atoms with Gasteiger partial charge in [-0.25, -0.2) is 9.97 Å². The summed E-state index contributed by atoms with van der Waals surface area (Å²) in [6.45, 7) is 4.78. The molecule has 1 aliphatic heterocycles. The highest BCUT2D eigenvalue weighted by Crippen LogP contribution is 2.38. The molecule has 2 N–H and O–H groups in total. The van der Waals surface area contributed by atoms with Crippen LogP contribution in [0.5, 0.6) is 0 Å². The van der Waals surface area contributed by atoms with E-state index >= 15 is 0 Å². The van der Waals surface area contributed by atoms with Crippen LogP contribution in [0.15, 0.2) is 55.2 Å². The van der Waals surface area contributed by atoms with E-state index in [1.165, 1.54) is 5.69 Å². The Labute approximate surface area is 163 Å². The van der Waals surface area contributed by atoms with Gasteiger partial charge in [0.15, 0.2) is 0 Å². The van der Waals surface area contributed by atoms with Gasteiger partial charge in [-0.15, -0.1) is 0 Å². The molecule has 1 atom stereocenters. The summed E-state index contributed by atoms with van der Waals surface area (Å²) in [7, 11) is 0. The van der Waals surface area contributed by atoms with E-state index in [0.717, 1.165) is 54.4 Å². The molecule has 142 valence electrons. The molecule has 0 saturated carbocycles. The van der Waals surface area contributed by atoms with Crippen LogP contribution in [0.4, 0.5) is 0 Å². The standard InChI is InChI=1S/C21H23N7/c1-2-27-11-9-22-18(27)13-28-10-8-17-20(24-14-23-17)21(28)16-12-25-26-19(16)15-6-4-3-5-7-15/h3-7,9,11-12,14,21H,2,8,10,13H2,1H3,(H,23,24)(H,25,26)/t21-/m0/s1. The first-order valence-electron chi connectivity index (χ1n) is 9.70. The number of benzene rings is 1. The van der Waals surface area contributed by atoms with Gasteiger partial charge in [0.2, 0.25) is 0 Å². The molecule has 1 aromatic carbocycles. The summed E-state index contributed by atoms with van der Waals surface area (Å²) >= 11 is 0. The van der Waals surface area contributed by atoms with Crippen molar-refractivity contribution < 1.29 is 0 Å². The minimum atomic E-state index is 0.0333. The maximum Gasteiger partial charge on any atom is 0.122 e. The van der Waals surface area contributed by atoms with E-state index in [1.54, 1.807) is 6.33 Å². The molecule has 0 spiro atoms. The minimum Gasteiger partial charge on any atom is -0.348 e. The van der Waals surface area contributed by atoms with E-state index in [2.05, 4.69) is 65.8 Å². The highest BCUT2D eigenvalue weighted by atomic mass is 15.2. The molecule has 1 aliphatic rings. The van der Waals surface area contributed by atoms with Gasteiger partial charge in [0.1, 0.15) is 5.82 Å². The van der Waals surface area contributed by atoms with Gasteiger partial charge in [-0.1, -0.05) is 30.3 Å². The van der Waals surface area contributed by atoms with E-state index in [9.17, 15) is 0 Å². The summed E-state index contributed by atoms with van der Waals surface area (Å²) in [5.41, 5.74) is 5.62. The van der Waals surface area contributed by atoms with E-state index in [0.29, 0.717) is 0 Å². The summed E-state index contributed by atoms with van der Waals surface area (Å²) < 4.78 is 2.20.